The molecule has 0 radical (unpaired) electrons. The van der Waals surface area contributed by atoms with Crippen molar-refractivity contribution in [3.63, 3.8) is 0 Å². The fourth-order valence-electron chi connectivity index (χ4n) is 0.0250. The number of nitrogens with zero attached hydrogens (tertiary/aromatic N) is 2. The van der Waals surface area contributed by atoms with E-state index in [2.05, 4.69) is 0 Å². The highest BCUT2D eigenvalue weighted by molar-refractivity contribution is 4.77. The van der Waals surface area contributed by atoms with Gasteiger partial charge in [-0.05, 0) is 0 Å². The van der Waals surface area contributed by atoms with Crippen LogP contribution in [0.4, 0.5) is 0 Å². The first-order valence-corrected chi connectivity index (χ1v) is 0.947. The molecule has 4 nitrogen and oxygen atoms in total. The van der Waals surface area contributed by atoms with Crippen LogP contribution >= 0.6 is 0 Å². The number of nitrogens with one attached hydrogen (secondary N) is 1. The van der Waals surface area contributed by atoms with Crippen LogP contribution in [0, 0.1) is 22.9 Å². The molecule has 0 atom stereocenters. The summed E-state index contributed by atoms with van der Waals surface area (Å²) in [6.07, 6.45) is 2.81. The Bertz CT molecular complexity index is 70.7. The number of rotatable bonds is 0. The van der Waals surface area contributed by atoms with Crippen molar-refractivity contribution in [2.75, 3.05) is 0 Å². The molecule has 6 heavy (non-hydrogen) atoms. The standard InChI is InChI=1S/C2HN3.H3N/c3-1-5-2-4;/h5H;1H3. The molecule has 32 valence electrons. The highest BCUT2D eigenvalue weighted by atomic mass is 14.8. The molecule has 0 saturated heterocycles. The molecule has 0 aromatic heterocycles. The van der Waals surface area contributed by atoms with Crippen molar-refractivity contribution in [1.82, 2.24) is 11.5 Å². The zero-order chi connectivity index (χ0) is 4.12. The van der Waals surface area contributed by atoms with Crippen LogP contribution < -0.4 is 11.5 Å². The molecule has 4 heteroatoms. The molecule has 4 N–H and O–H groups in total. The van der Waals surface area contributed by atoms with Gasteiger partial charge in [0.2, 0.25) is 0 Å². The lowest BCUT2D eigenvalue weighted by atomic mass is 11.2. The minimum Gasteiger partial charge on any atom is -0.344 e. The average molecular weight is 84.1 g/mol. The third-order valence-corrected chi connectivity index (χ3v) is 0.112. The van der Waals surface area contributed by atoms with Gasteiger partial charge in [0.15, 0.2) is 12.4 Å². The summed E-state index contributed by atoms with van der Waals surface area (Å²) in [6.45, 7) is 0. The van der Waals surface area contributed by atoms with Crippen molar-refractivity contribution < 1.29 is 0 Å². The molecule has 0 aliphatic carbocycles. The summed E-state index contributed by atoms with van der Waals surface area (Å²) < 4.78 is 0. The van der Waals surface area contributed by atoms with Gasteiger partial charge in [0.05, 0.1) is 0 Å². The largest absolute Gasteiger partial charge is 0.344 e. The Kier molecular flexibility index (Phi) is 13.7. The Balaban J connectivity index is 0. The Hall–Kier alpha value is -1.26. The SMILES string of the molecule is N.N#CNC#N. The maximum absolute atomic E-state index is 7.48. The van der Waals surface area contributed by atoms with Gasteiger partial charge in [0, 0.05) is 0 Å². The van der Waals surface area contributed by atoms with Crippen LogP contribution in [0.15, 0.2) is 0 Å². The number of nitriles is 2. The van der Waals surface area contributed by atoms with Crippen LogP contribution in [-0.4, -0.2) is 0 Å². The molecule has 0 bridgehead atoms. The molecule has 0 spiro atoms. The fraction of sp³-hybridized carbons (Fsp3) is 0. The van der Waals surface area contributed by atoms with Crippen LogP contribution in [0.5, 0.6) is 0 Å². The predicted octanol–water partition coefficient (Wildman–Crippen LogP) is -0.300. The highest BCUT2D eigenvalue weighted by Gasteiger charge is 1.53. The van der Waals surface area contributed by atoms with E-state index in [9.17, 15) is 0 Å². The van der Waals surface area contributed by atoms with Crippen LogP contribution in [0.25, 0.3) is 0 Å². The monoisotopic (exact) mass is 84.0 g/mol. The normalized spacial score (nSPS) is 3.00. The lowest BCUT2D eigenvalue weighted by molar-refractivity contribution is 1.20. The summed E-state index contributed by atoms with van der Waals surface area (Å²) in [5.41, 5.74) is 0. The van der Waals surface area contributed by atoms with Gasteiger partial charge in [-0.2, -0.15) is 10.5 Å². The second kappa shape index (κ2) is 9.27. The quantitative estimate of drug-likeness (QED) is 0.311. The summed E-state index contributed by atoms with van der Waals surface area (Å²) in [5.74, 6) is 0. The third kappa shape index (κ3) is 15.1. The first-order valence-electron chi connectivity index (χ1n) is 0.947. The Morgan fingerprint density at radius 2 is 1.50 bits per heavy atom. The lowest BCUT2D eigenvalue weighted by Crippen LogP contribution is -1.88. The van der Waals surface area contributed by atoms with Crippen molar-refractivity contribution in [2.45, 2.75) is 0 Å². The van der Waals surface area contributed by atoms with Crippen molar-refractivity contribution >= 4 is 0 Å². The summed E-state index contributed by atoms with van der Waals surface area (Å²) in [4.78, 5) is 0. The molecule has 0 rings (SSSR count). The van der Waals surface area contributed by atoms with E-state index in [4.69, 9.17) is 10.5 Å². The van der Waals surface area contributed by atoms with Crippen LogP contribution in [-0.2, 0) is 0 Å². The summed E-state index contributed by atoms with van der Waals surface area (Å²) >= 11 is 0. The van der Waals surface area contributed by atoms with Gasteiger partial charge in [0.1, 0.15) is 0 Å². The van der Waals surface area contributed by atoms with E-state index < -0.39 is 0 Å². The minimum atomic E-state index is 0. The summed E-state index contributed by atoms with van der Waals surface area (Å²) in [7, 11) is 0. The smallest absolute Gasteiger partial charge is 0.190 e. The molecule has 0 amide bonds. The first kappa shape index (κ1) is 8.83. The molecule has 0 aliphatic rings. The Morgan fingerprint density at radius 3 is 1.50 bits per heavy atom. The van der Waals surface area contributed by atoms with Gasteiger partial charge in [-0.15, -0.1) is 0 Å². The third-order valence-electron chi connectivity index (χ3n) is 0.112. The molecule has 0 aromatic rings. The summed E-state index contributed by atoms with van der Waals surface area (Å²) in [6, 6.07) is 0. The van der Waals surface area contributed by atoms with E-state index in [1.54, 1.807) is 5.32 Å². The second-order valence-corrected chi connectivity index (χ2v) is 0.349. The Labute approximate surface area is 35.6 Å². The second-order valence-electron chi connectivity index (χ2n) is 0.349. The molecular weight excluding hydrogens is 80.0 g/mol. The average Bonchev–Trinajstić information content (AvgIpc) is 1.41. The van der Waals surface area contributed by atoms with Crippen LogP contribution in [0.1, 0.15) is 0 Å². The zero-order valence-electron chi connectivity index (χ0n) is 3.10. The van der Waals surface area contributed by atoms with Crippen molar-refractivity contribution in [1.29, 1.82) is 10.5 Å². The van der Waals surface area contributed by atoms with E-state index >= 15 is 0 Å². The molecule has 0 fully saturated rings. The molecule has 0 saturated carbocycles. The van der Waals surface area contributed by atoms with Gasteiger partial charge in [-0.3, -0.25) is 0 Å². The van der Waals surface area contributed by atoms with E-state index in [-0.39, 0.29) is 6.15 Å². The van der Waals surface area contributed by atoms with Gasteiger partial charge < -0.3 is 6.15 Å². The lowest BCUT2D eigenvalue weighted by Gasteiger charge is -1.56. The van der Waals surface area contributed by atoms with E-state index in [0.717, 1.165) is 0 Å². The minimum absolute atomic E-state index is 0. The molecule has 0 aliphatic heterocycles. The van der Waals surface area contributed by atoms with E-state index in [0.29, 0.717) is 0 Å². The Morgan fingerprint density at radius 1 is 1.17 bits per heavy atom. The van der Waals surface area contributed by atoms with Gasteiger partial charge in [-0.25, -0.2) is 5.32 Å². The van der Waals surface area contributed by atoms with Gasteiger partial charge >= 0.3 is 0 Å². The zero-order valence-corrected chi connectivity index (χ0v) is 3.10. The van der Waals surface area contributed by atoms with Gasteiger partial charge in [0.25, 0.3) is 0 Å². The van der Waals surface area contributed by atoms with Crippen LogP contribution in [0.2, 0.25) is 0 Å². The van der Waals surface area contributed by atoms with Gasteiger partial charge in [-0.1, -0.05) is 0 Å². The maximum atomic E-state index is 7.48. The molecule has 0 aromatic carbocycles. The maximum Gasteiger partial charge on any atom is 0.190 e. The van der Waals surface area contributed by atoms with E-state index in [1.807, 2.05) is 0 Å². The topological polar surface area (TPSA) is 94.6 Å². The van der Waals surface area contributed by atoms with E-state index in [1.165, 1.54) is 12.4 Å². The molecule has 0 unspecified atom stereocenters. The van der Waals surface area contributed by atoms with Crippen molar-refractivity contribution in [3.05, 3.63) is 0 Å². The van der Waals surface area contributed by atoms with Crippen molar-refractivity contribution in [2.24, 2.45) is 0 Å². The first-order chi connectivity index (χ1) is 2.41. The number of hydrogen-bond acceptors (Lipinski definition) is 4. The highest BCUT2D eigenvalue weighted by Crippen LogP contribution is 1.28. The molecular formula is C2H4N4. The fourth-order valence-corrected chi connectivity index (χ4v) is 0.0250. The van der Waals surface area contributed by atoms with Crippen molar-refractivity contribution in [3.8, 4) is 12.4 Å². The van der Waals surface area contributed by atoms with Crippen LogP contribution in [0.3, 0.4) is 0 Å². The summed E-state index contributed by atoms with van der Waals surface area (Å²) in [5, 5.41) is 16.7. The predicted molar refractivity (Wildman–Crippen MR) is 19.4 cm³/mol. The molecule has 0 heterocycles. The number of hydrogen-bond donors (Lipinski definition) is 2.